The average Bonchev–Trinajstić information content (AvgIpc) is 3.13. The fraction of sp³-hybridized carbons (Fsp3) is 0.261. The van der Waals surface area contributed by atoms with E-state index in [0.717, 1.165) is 0 Å². The number of para-hydroxylation sites is 2. The summed E-state index contributed by atoms with van der Waals surface area (Å²) in [6.45, 7) is 5.90. The maximum absolute atomic E-state index is 12.7. The predicted molar refractivity (Wildman–Crippen MR) is 112 cm³/mol. The molecule has 0 fully saturated rings. The van der Waals surface area contributed by atoms with Gasteiger partial charge in [0.15, 0.2) is 5.69 Å². The molecule has 0 spiro atoms. The van der Waals surface area contributed by atoms with Gasteiger partial charge in [-0.3, -0.25) is 0 Å². The summed E-state index contributed by atoms with van der Waals surface area (Å²) < 4.78 is 11.2. The predicted octanol–water partition coefficient (Wildman–Crippen LogP) is 4.12. The molecule has 30 heavy (non-hydrogen) atoms. The van der Waals surface area contributed by atoms with E-state index in [-0.39, 0.29) is 28.1 Å². The molecular formula is C23H24N2O5. The molecule has 0 aliphatic heterocycles. The second-order valence-electron chi connectivity index (χ2n) is 7.75. The first kappa shape index (κ1) is 21.1. The summed E-state index contributed by atoms with van der Waals surface area (Å²) in [4.78, 5) is 25.4. The van der Waals surface area contributed by atoms with E-state index in [1.807, 2.05) is 32.9 Å². The van der Waals surface area contributed by atoms with Gasteiger partial charge in [0, 0.05) is 5.56 Å². The molecule has 0 amide bonds. The summed E-state index contributed by atoms with van der Waals surface area (Å²) in [6, 6.07) is 14.1. The van der Waals surface area contributed by atoms with Crippen LogP contribution in [0.2, 0.25) is 0 Å². The van der Waals surface area contributed by atoms with Crippen LogP contribution in [0.15, 0.2) is 48.5 Å². The van der Waals surface area contributed by atoms with Crippen LogP contribution in [0.25, 0.3) is 16.9 Å². The SMILES string of the molecule is COC(=O)c1c(-c2cccc(C(C)(C)C)c2O)nn(-c2ccccc2)c1C(=O)OC. The van der Waals surface area contributed by atoms with E-state index in [4.69, 9.17) is 9.47 Å². The number of phenols is 1. The van der Waals surface area contributed by atoms with Crippen LogP contribution >= 0.6 is 0 Å². The summed E-state index contributed by atoms with van der Waals surface area (Å²) in [7, 11) is 2.45. The van der Waals surface area contributed by atoms with Crippen LogP contribution in [0.4, 0.5) is 0 Å². The number of carbonyl (C=O) groups excluding carboxylic acids is 2. The Morgan fingerprint density at radius 1 is 0.933 bits per heavy atom. The number of rotatable bonds is 4. The fourth-order valence-corrected chi connectivity index (χ4v) is 3.28. The second kappa shape index (κ2) is 8.02. The molecule has 3 aromatic rings. The Kier molecular flexibility index (Phi) is 5.64. The highest BCUT2D eigenvalue weighted by Crippen LogP contribution is 2.40. The zero-order valence-electron chi connectivity index (χ0n) is 17.6. The van der Waals surface area contributed by atoms with Crippen LogP contribution in [0.5, 0.6) is 5.75 Å². The van der Waals surface area contributed by atoms with Crippen molar-refractivity contribution in [3.05, 3.63) is 65.4 Å². The van der Waals surface area contributed by atoms with Gasteiger partial charge in [0.2, 0.25) is 0 Å². The minimum atomic E-state index is -0.756. The van der Waals surface area contributed by atoms with Crippen molar-refractivity contribution >= 4 is 11.9 Å². The molecule has 0 atom stereocenters. The molecule has 0 aliphatic carbocycles. The van der Waals surface area contributed by atoms with Gasteiger partial charge >= 0.3 is 11.9 Å². The Bertz CT molecular complexity index is 1090. The number of carbonyl (C=O) groups is 2. The van der Waals surface area contributed by atoms with Gasteiger partial charge in [-0.2, -0.15) is 5.10 Å². The fourth-order valence-electron chi connectivity index (χ4n) is 3.28. The minimum absolute atomic E-state index is 0.00993. The van der Waals surface area contributed by atoms with Gasteiger partial charge in [-0.15, -0.1) is 0 Å². The first-order chi connectivity index (χ1) is 14.2. The summed E-state index contributed by atoms with van der Waals surface area (Å²) in [6.07, 6.45) is 0. The van der Waals surface area contributed by atoms with Crippen molar-refractivity contribution in [2.24, 2.45) is 0 Å². The summed E-state index contributed by atoms with van der Waals surface area (Å²) in [5, 5.41) is 15.5. The lowest BCUT2D eigenvalue weighted by Crippen LogP contribution is -2.15. The number of benzene rings is 2. The quantitative estimate of drug-likeness (QED) is 0.653. The van der Waals surface area contributed by atoms with Crippen molar-refractivity contribution in [2.45, 2.75) is 26.2 Å². The van der Waals surface area contributed by atoms with E-state index in [9.17, 15) is 14.7 Å². The third kappa shape index (κ3) is 3.66. The number of hydrogen-bond donors (Lipinski definition) is 1. The third-order valence-electron chi connectivity index (χ3n) is 4.75. The van der Waals surface area contributed by atoms with Gasteiger partial charge < -0.3 is 14.6 Å². The molecule has 1 N–H and O–H groups in total. The number of aromatic nitrogens is 2. The molecule has 3 rings (SSSR count). The molecule has 1 aromatic heterocycles. The van der Waals surface area contributed by atoms with Crippen molar-refractivity contribution in [1.29, 1.82) is 0 Å². The number of aromatic hydroxyl groups is 1. The number of methoxy groups -OCH3 is 2. The summed E-state index contributed by atoms with van der Waals surface area (Å²) in [5.74, 6) is -1.51. The molecule has 0 aliphatic rings. The number of esters is 2. The largest absolute Gasteiger partial charge is 0.507 e. The van der Waals surface area contributed by atoms with Crippen molar-refractivity contribution in [2.75, 3.05) is 14.2 Å². The first-order valence-corrected chi connectivity index (χ1v) is 9.38. The van der Waals surface area contributed by atoms with Gasteiger partial charge in [0.25, 0.3) is 0 Å². The minimum Gasteiger partial charge on any atom is -0.507 e. The van der Waals surface area contributed by atoms with Gasteiger partial charge in [0.05, 0.1) is 19.9 Å². The highest BCUT2D eigenvalue weighted by Gasteiger charge is 2.33. The van der Waals surface area contributed by atoms with Crippen LogP contribution in [0.1, 0.15) is 47.2 Å². The molecule has 7 nitrogen and oxygen atoms in total. The van der Waals surface area contributed by atoms with Crippen molar-refractivity contribution in [3.8, 4) is 22.7 Å². The summed E-state index contributed by atoms with van der Waals surface area (Å²) >= 11 is 0. The van der Waals surface area contributed by atoms with Crippen LogP contribution in [0.3, 0.4) is 0 Å². The highest BCUT2D eigenvalue weighted by atomic mass is 16.5. The molecule has 0 saturated heterocycles. The molecule has 2 aromatic carbocycles. The van der Waals surface area contributed by atoms with Gasteiger partial charge in [-0.25, -0.2) is 14.3 Å². The van der Waals surface area contributed by atoms with E-state index in [0.29, 0.717) is 16.8 Å². The normalized spacial score (nSPS) is 11.2. The zero-order chi connectivity index (χ0) is 22.1. The number of phenolic OH excluding ortho intramolecular Hbond substituents is 1. The lowest BCUT2D eigenvalue weighted by Gasteiger charge is -2.21. The number of nitrogens with zero attached hydrogens (tertiary/aromatic N) is 2. The number of hydrogen-bond acceptors (Lipinski definition) is 6. The molecular weight excluding hydrogens is 384 g/mol. The Morgan fingerprint density at radius 3 is 2.13 bits per heavy atom. The van der Waals surface area contributed by atoms with Crippen LogP contribution in [0, 0.1) is 0 Å². The van der Waals surface area contributed by atoms with E-state index in [1.165, 1.54) is 18.9 Å². The topological polar surface area (TPSA) is 90.6 Å². The Balaban J connectivity index is 2.40. The first-order valence-electron chi connectivity index (χ1n) is 9.38. The van der Waals surface area contributed by atoms with Crippen LogP contribution < -0.4 is 0 Å². The monoisotopic (exact) mass is 408 g/mol. The van der Waals surface area contributed by atoms with E-state index < -0.39 is 11.9 Å². The average molecular weight is 408 g/mol. The summed E-state index contributed by atoms with van der Waals surface area (Å²) in [5.41, 5.74) is 1.20. The van der Waals surface area contributed by atoms with E-state index in [1.54, 1.807) is 36.4 Å². The Labute approximate surface area is 174 Å². The molecule has 7 heteroatoms. The molecule has 1 heterocycles. The van der Waals surface area contributed by atoms with E-state index >= 15 is 0 Å². The van der Waals surface area contributed by atoms with Gasteiger partial charge in [0.1, 0.15) is 17.0 Å². The zero-order valence-corrected chi connectivity index (χ0v) is 17.6. The standard InChI is InChI=1S/C23H24N2O5/c1-23(2,3)16-13-9-12-15(20(16)26)18-17(21(27)29-4)19(22(28)30-5)25(24-18)14-10-7-6-8-11-14/h6-13,26H,1-5H3. The Hall–Kier alpha value is -3.61. The van der Waals surface area contributed by atoms with Crippen molar-refractivity contribution in [3.63, 3.8) is 0 Å². The smallest absolute Gasteiger partial charge is 0.357 e. The lowest BCUT2D eigenvalue weighted by atomic mass is 9.84. The van der Waals surface area contributed by atoms with Crippen molar-refractivity contribution in [1.82, 2.24) is 9.78 Å². The van der Waals surface area contributed by atoms with E-state index in [2.05, 4.69) is 5.10 Å². The number of ether oxygens (including phenoxy) is 2. The molecule has 0 unspecified atom stereocenters. The lowest BCUT2D eigenvalue weighted by molar-refractivity contribution is 0.0549. The highest BCUT2D eigenvalue weighted by molar-refractivity contribution is 6.07. The van der Waals surface area contributed by atoms with Crippen molar-refractivity contribution < 1.29 is 24.2 Å². The van der Waals surface area contributed by atoms with Gasteiger partial charge in [-0.1, -0.05) is 51.1 Å². The maximum Gasteiger partial charge on any atom is 0.357 e. The third-order valence-corrected chi connectivity index (χ3v) is 4.75. The Morgan fingerprint density at radius 2 is 1.57 bits per heavy atom. The van der Waals surface area contributed by atoms with Crippen LogP contribution in [-0.4, -0.2) is 41.0 Å². The van der Waals surface area contributed by atoms with Crippen LogP contribution in [-0.2, 0) is 14.9 Å². The molecule has 0 bridgehead atoms. The molecule has 156 valence electrons. The second-order valence-corrected chi connectivity index (χ2v) is 7.75. The molecule has 0 saturated carbocycles. The van der Waals surface area contributed by atoms with Gasteiger partial charge in [-0.05, 0) is 29.2 Å². The molecule has 0 radical (unpaired) electrons. The maximum atomic E-state index is 12.7.